The largest absolute Gasteiger partial charge is 0.348 e. The van der Waals surface area contributed by atoms with Crippen molar-refractivity contribution < 1.29 is 0 Å². The van der Waals surface area contributed by atoms with E-state index in [2.05, 4.69) is 161 Å². The predicted octanol–water partition coefficient (Wildman–Crippen LogP) is 9.45. The van der Waals surface area contributed by atoms with Crippen LogP contribution in [0.4, 0.5) is 22.7 Å². The minimum absolute atomic E-state index is 0.872. The van der Waals surface area contributed by atoms with Gasteiger partial charge in [0.15, 0.2) is 0 Å². The van der Waals surface area contributed by atoms with Crippen LogP contribution in [0.3, 0.4) is 0 Å². The van der Waals surface area contributed by atoms with E-state index < -0.39 is 0 Å². The third-order valence-electron chi connectivity index (χ3n) is 7.84. The van der Waals surface area contributed by atoms with E-state index in [-0.39, 0.29) is 0 Å². The molecule has 0 aliphatic carbocycles. The highest BCUT2D eigenvalue weighted by molar-refractivity contribution is 5.96. The maximum Gasteiger partial charge on any atom is 0.0633 e. The second-order valence-corrected chi connectivity index (χ2v) is 11.2. The molecule has 0 spiro atoms. The van der Waals surface area contributed by atoms with E-state index in [0.717, 1.165) is 58.4 Å². The molecule has 0 atom stereocenters. The fourth-order valence-corrected chi connectivity index (χ4v) is 5.20. The van der Waals surface area contributed by atoms with Crippen molar-refractivity contribution in [3.63, 3.8) is 0 Å². The van der Waals surface area contributed by atoms with Crippen molar-refractivity contribution in [1.29, 1.82) is 0 Å². The quantitative estimate of drug-likeness (QED) is 0.218. The van der Waals surface area contributed by atoms with Crippen LogP contribution in [0.1, 0.15) is 49.9 Å². The summed E-state index contributed by atoms with van der Waals surface area (Å²) in [5, 5.41) is 0. The number of aliphatic imine (C=N–C) groups is 2. The Balaban J connectivity index is 1.47. The van der Waals surface area contributed by atoms with Gasteiger partial charge < -0.3 is 9.80 Å². The van der Waals surface area contributed by atoms with E-state index in [1.807, 2.05) is 0 Å². The number of hydrogen-bond donors (Lipinski definition) is 0. The topological polar surface area (TPSA) is 31.2 Å². The second-order valence-electron chi connectivity index (χ2n) is 11.2. The van der Waals surface area contributed by atoms with Crippen LogP contribution in [0.5, 0.6) is 0 Å². The summed E-state index contributed by atoms with van der Waals surface area (Å²) in [5.74, 6) is 0. The fraction of sp³-hybridized carbons (Fsp3) is 0.211. The summed E-state index contributed by atoms with van der Waals surface area (Å²) >= 11 is 0. The van der Waals surface area contributed by atoms with Crippen molar-refractivity contribution in [3.8, 4) is 0 Å². The molecule has 0 amide bonds. The van der Waals surface area contributed by atoms with Gasteiger partial charge in [0.25, 0.3) is 0 Å². The lowest BCUT2D eigenvalue weighted by Crippen LogP contribution is -2.15. The average molecular weight is 553 g/mol. The van der Waals surface area contributed by atoms with E-state index in [4.69, 9.17) is 9.98 Å². The number of allylic oxidation sites excluding steroid dienone is 4. The summed E-state index contributed by atoms with van der Waals surface area (Å²) in [6, 6.07) is 34.7. The van der Waals surface area contributed by atoms with Crippen molar-refractivity contribution in [2.75, 3.05) is 23.9 Å². The van der Waals surface area contributed by atoms with Crippen LogP contribution >= 0.6 is 0 Å². The third-order valence-corrected chi connectivity index (χ3v) is 7.84. The molecule has 0 saturated carbocycles. The minimum atomic E-state index is 0.872. The van der Waals surface area contributed by atoms with Crippen molar-refractivity contribution in [1.82, 2.24) is 0 Å². The summed E-state index contributed by atoms with van der Waals surface area (Å²) in [4.78, 5) is 14.1. The van der Waals surface area contributed by atoms with Gasteiger partial charge in [-0.25, -0.2) is 0 Å². The summed E-state index contributed by atoms with van der Waals surface area (Å²) in [6.07, 6.45) is 6.04. The lowest BCUT2D eigenvalue weighted by molar-refractivity contribution is 1.08. The Morgan fingerprint density at radius 3 is 1.02 bits per heavy atom. The standard InChI is InChI=1S/C38H40N4/c1-27-23-29(3)41(5)37-19-11-33(12-20-37)26-34-13-21-38(22-14-34)42(6)30(4)24-28(2)40-36-17-9-32(10-18-36)25-31-7-15-35(39-27)16-8-31/h7-24H,25-26H2,1-6H3/b29-23-,30-24-,39-27?,40-28?. The third kappa shape index (κ3) is 7.32. The van der Waals surface area contributed by atoms with Crippen LogP contribution in [0.2, 0.25) is 0 Å². The Labute approximate surface area is 251 Å². The van der Waals surface area contributed by atoms with Gasteiger partial charge in [-0.3, -0.25) is 9.98 Å². The predicted molar refractivity (Wildman–Crippen MR) is 181 cm³/mol. The Morgan fingerprint density at radius 2 is 0.714 bits per heavy atom. The van der Waals surface area contributed by atoms with Gasteiger partial charge in [0, 0.05) is 48.3 Å². The number of rotatable bonds is 0. The second kappa shape index (κ2) is 12.9. The van der Waals surface area contributed by atoms with Gasteiger partial charge in [-0.1, -0.05) is 48.5 Å². The monoisotopic (exact) mass is 552 g/mol. The molecular weight excluding hydrogens is 512 g/mol. The van der Waals surface area contributed by atoms with Gasteiger partial charge in [0.1, 0.15) is 0 Å². The first kappa shape index (κ1) is 28.8. The molecule has 11 rings (SSSR count). The molecule has 0 unspecified atom stereocenters. The summed E-state index contributed by atoms with van der Waals surface area (Å²) in [6.45, 7) is 8.36. The molecule has 0 aromatic heterocycles. The van der Waals surface area contributed by atoms with Gasteiger partial charge in [0.05, 0.1) is 11.4 Å². The molecule has 4 aromatic rings. The highest BCUT2D eigenvalue weighted by Gasteiger charge is 2.07. The number of benzene rings is 4. The normalized spacial score (nSPS) is 17.2. The van der Waals surface area contributed by atoms with Crippen molar-refractivity contribution in [2.24, 2.45) is 9.98 Å². The molecule has 8 bridgehead atoms. The molecule has 0 fully saturated rings. The van der Waals surface area contributed by atoms with Crippen molar-refractivity contribution in [2.45, 2.75) is 40.5 Å². The Hall–Kier alpha value is -4.70. The van der Waals surface area contributed by atoms with E-state index >= 15 is 0 Å². The van der Waals surface area contributed by atoms with Gasteiger partial charge >= 0.3 is 0 Å². The van der Waals surface area contributed by atoms with E-state index in [1.54, 1.807) is 0 Å². The van der Waals surface area contributed by atoms with Crippen molar-refractivity contribution >= 4 is 34.2 Å². The van der Waals surface area contributed by atoms with Gasteiger partial charge in [-0.2, -0.15) is 0 Å². The molecular formula is C38H40N4. The molecule has 0 saturated heterocycles. The van der Waals surface area contributed by atoms with Gasteiger partial charge in [-0.05, 0) is 123 Å². The molecule has 42 heavy (non-hydrogen) atoms. The maximum absolute atomic E-state index is 4.84. The van der Waals surface area contributed by atoms with E-state index in [0.29, 0.717) is 0 Å². The molecule has 7 heterocycles. The van der Waals surface area contributed by atoms with Crippen LogP contribution in [0.15, 0.2) is 131 Å². The number of hydrogen-bond acceptors (Lipinski definition) is 4. The molecule has 4 nitrogen and oxygen atoms in total. The average Bonchev–Trinajstić information content (AvgIpc) is 2.98. The molecule has 4 aromatic carbocycles. The molecule has 0 N–H and O–H groups in total. The summed E-state index contributed by atoms with van der Waals surface area (Å²) < 4.78 is 0. The molecule has 4 heteroatoms. The fourth-order valence-electron chi connectivity index (χ4n) is 5.20. The zero-order valence-electron chi connectivity index (χ0n) is 25.6. The van der Waals surface area contributed by atoms with Crippen LogP contribution in [0, 0.1) is 0 Å². The zero-order valence-corrected chi connectivity index (χ0v) is 25.6. The zero-order chi connectivity index (χ0) is 29.6. The van der Waals surface area contributed by atoms with Crippen molar-refractivity contribution in [3.05, 3.63) is 143 Å². The smallest absolute Gasteiger partial charge is 0.0633 e. The first-order chi connectivity index (χ1) is 20.2. The van der Waals surface area contributed by atoms with Crippen LogP contribution in [0.25, 0.3) is 0 Å². The maximum atomic E-state index is 4.84. The van der Waals surface area contributed by atoms with Gasteiger partial charge in [0.2, 0.25) is 0 Å². The number of nitrogens with zero attached hydrogens (tertiary/aromatic N) is 4. The summed E-state index contributed by atoms with van der Waals surface area (Å²) in [5.41, 5.74) is 13.6. The lowest BCUT2D eigenvalue weighted by Gasteiger charge is -2.21. The Bertz CT molecular complexity index is 1510. The first-order valence-electron chi connectivity index (χ1n) is 14.5. The van der Waals surface area contributed by atoms with E-state index in [1.165, 1.54) is 22.3 Å². The highest BCUT2D eigenvalue weighted by Crippen LogP contribution is 2.24. The Kier molecular flexibility index (Phi) is 8.83. The minimum Gasteiger partial charge on any atom is -0.348 e. The van der Waals surface area contributed by atoms with Crippen LogP contribution in [-0.4, -0.2) is 25.5 Å². The SMILES string of the molecule is CC1=Nc2ccc(cc2)Cc2ccc(cc2)N=C(C)/C=C(/C)N(C)c2ccc(cc2)Cc2ccc(cc2)N(C)/C(C)=C\1. The molecule has 7 aliphatic heterocycles. The van der Waals surface area contributed by atoms with E-state index in [9.17, 15) is 0 Å². The molecule has 0 radical (unpaired) electrons. The highest BCUT2D eigenvalue weighted by atomic mass is 15.1. The molecule has 7 aliphatic rings. The molecule has 212 valence electrons. The number of anilines is 2. The Morgan fingerprint density at radius 1 is 0.429 bits per heavy atom. The van der Waals surface area contributed by atoms with Crippen LogP contribution < -0.4 is 9.80 Å². The first-order valence-corrected chi connectivity index (χ1v) is 14.5. The van der Waals surface area contributed by atoms with Crippen LogP contribution in [-0.2, 0) is 12.8 Å². The van der Waals surface area contributed by atoms with Gasteiger partial charge in [-0.15, -0.1) is 0 Å². The summed E-state index contributed by atoms with van der Waals surface area (Å²) in [7, 11) is 4.21. The lowest BCUT2D eigenvalue weighted by atomic mass is 10.0.